The highest BCUT2D eigenvalue weighted by Gasteiger charge is 2.75. The van der Waals surface area contributed by atoms with E-state index in [1.807, 2.05) is 44.2 Å². The summed E-state index contributed by atoms with van der Waals surface area (Å²) in [7, 11) is 0. The van der Waals surface area contributed by atoms with Gasteiger partial charge in [0.2, 0.25) is 11.8 Å². The fourth-order valence-corrected chi connectivity index (χ4v) is 6.22. The first-order chi connectivity index (χ1) is 16.8. The number of hydrogen-bond donors (Lipinski definition) is 1. The van der Waals surface area contributed by atoms with Crippen LogP contribution < -0.4 is 0 Å². The number of likely N-dealkylation sites (tertiary alicyclic amines) is 1. The third-order valence-electron chi connectivity index (χ3n) is 7.72. The van der Waals surface area contributed by atoms with Crippen molar-refractivity contribution in [3.05, 3.63) is 48.6 Å². The fraction of sp³-hybridized carbons (Fsp3) is 0.593. The number of rotatable bonds is 10. The van der Waals surface area contributed by atoms with Gasteiger partial charge >= 0.3 is 5.97 Å². The van der Waals surface area contributed by atoms with Crippen LogP contribution in [0.15, 0.2) is 43.0 Å². The molecule has 1 aromatic rings. The van der Waals surface area contributed by atoms with Gasteiger partial charge in [0.15, 0.2) is 0 Å². The molecule has 8 nitrogen and oxygen atoms in total. The lowest BCUT2D eigenvalue weighted by atomic mass is 9.70. The van der Waals surface area contributed by atoms with Crippen LogP contribution in [0.2, 0.25) is 0 Å². The van der Waals surface area contributed by atoms with E-state index < -0.39 is 41.6 Å². The van der Waals surface area contributed by atoms with Crippen LogP contribution in [-0.2, 0) is 30.4 Å². The van der Waals surface area contributed by atoms with Crippen LogP contribution in [0.3, 0.4) is 0 Å². The summed E-state index contributed by atoms with van der Waals surface area (Å²) in [6.45, 7) is 9.94. The Morgan fingerprint density at radius 2 is 2.06 bits per heavy atom. The smallest absolute Gasteiger partial charge is 0.312 e. The van der Waals surface area contributed by atoms with E-state index in [1.54, 1.807) is 17.9 Å². The second kappa shape index (κ2) is 10.1. The van der Waals surface area contributed by atoms with Crippen LogP contribution in [0.5, 0.6) is 0 Å². The highest BCUT2D eigenvalue weighted by molar-refractivity contribution is 5.98. The van der Waals surface area contributed by atoms with Crippen LogP contribution in [0.25, 0.3) is 0 Å². The Morgan fingerprint density at radius 3 is 2.66 bits per heavy atom. The molecule has 8 heteroatoms. The molecule has 2 bridgehead atoms. The molecule has 1 aromatic carbocycles. The average Bonchev–Trinajstić information content (AvgIpc) is 3.47. The zero-order valence-corrected chi connectivity index (χ0v) is 20.8. The van der Waals surface area contributed by atoms with Crippen LogP contribution in [0.1, 0.15) is 39.2 Å². The van der Waals surface area contributed by atoms with E-state index in [0.717, 1.165) is 5.56 Å². The summed E-state index contributed by atoms with van der Waals surface area (Å²) in [6, 6.07) is 8.12. The van der Waals surface area contributed by atoms with Crippen molar-refractivity contribution in [3.8, 4) is 0 Å². The van der Waals surface area contributed by atoms with Crippen molar-refractivity contribution in [2.45, 2.75) is 63.9 Å². The molecule has 1 spiro atoms. The quantitative estimate of drug-likeness (QED) is 0.404. The maximum atomic E-state index is 14.3. The SMILES string of the molecule is C=CCN(Cc1ccccc1)C(=O)[C@@H]1N([C@@H](CO)C(C)C)C(=O)[C@H]2[C@H](C(=O)OCC)[C@@H]3CC[C@]12O3. The molecule has 2 amide bonds. The first kappa shape index (κ1) is 25.4. The van der Waals surface area contributed by atoms with Gasteiger partial charge in [-0.3, -0.25) is 14.4 Å². The van der Waals surface area contributed by atoms with E-state index in [4.69, 9.17) is 9.47 Å². The van der Waals surface area contributed by atoms with Crippen LogP contribution in [-0.4, -0.2) is 76.2 Å². The Balaban J connectivity index is 1.77. The predicted octanol–water partition coefficient (Wildman–Crippen LogP) is 2.16. The molecular weight excluding hydrogens is 448 g/mol. The largest absolute Gasteiger partial charge is 0.466 e. The fourth-order valence-electron chi connectivity index (χ4n) is 6.22. The summed E-state index contributed by atoms with van der Waals surface area (Å²) in [5, 5.41) is 10.3. The molecule has 3 aliphatic heterocycles. The summed E-state index contributed by atoms with van der Waals surface area (Å²) in [4.78, 5) is 44.4. The molecule has 35 heavy (non-hydrogen) atoms. The molecule has 3 saturated heterocycles. The summed E-state index contributed by atoms with van der Waals surface area (Å²) in [5.41, 5.74) is -0.162. The third-order valence-corrected chi connectivity index (χ3v) is 7.72. The topological polar surface area (TPSA) is 96.4 Å². The van der Waals surface area contributed by atoms with Crippen molar-refractivity contribution in [1.82, 2.24) is 9.80 Å². The number of aliphatic hydroxyl groups excluding tert-OH is 1. The molecular formula is C27H36N2O6. The first-order valence-corrected chi connectivity index (χ1v) is 12.5. The molecule has 0 unspecified atom stereocenters. The van der Waals surface area contributed by atoms with Crippen molar-refractivity contribution in [2.24, 2.45) is 17.8 Å². The Hall–Kier alpha value is -2.71. The minimum atomic E-state index is -1.12. The molecule has 0 saturated carbocycles. The maximum Gasteiger partial charge on any atom is 0.312 e. The number of ether oxygens (including phenoxy) is 2. The number of esters is 1. The summed E-state index contributed by atoms with van der Waals surface area (Å²) >= 11 is 0. The number of aliphatic hydroxyl groups is 1. The molecule has 3 heterocycles. The van der Waals surface area contributed by atoms with Crippen LogP contribution in [0.4, 0.5) is 0 Å². The van der Waals surface area contributed by atoms with Crippen molar-refractivity contribution in [1.29, 1.82) is 0 Å². The lowest BCUT2D eigenvalue weighted by Gasteiger charge is -2.40. The molecule has 4 rings (SSSR count). The van der Waals surface area contributed by atoms with Gasteiger partial charge in [-0.2, -0.15) is 0 Å². The van der Waals surface area contributed by atoms with Gasteiger partial charge in [-0.1, -0.05) is 50.3 Å². The van der Waals surface area contributed by atoms with E-state index in [1.165, 1.54) is 4.90 Å². The normalized spacial score (nSPS) is 29.9. The molecule has 0 aromatic heterocycles. The van der Waals surface area contributed by atoms with Gasteiger partial charge < -0.3 is 24.4 Å². The molecule has 6 atom stereocenters. The first-order valence-electron chi connectivity index (χ1n) is 12.5. The third kappa shape index (κ3) is 4.16. The second-order valence-corrected chi connectivity index (χ2v) is 10.0. The number of benzene rings is 1. The van der Waals surface area contributed by atoms with Gasteiger partial charge in [-0.05, 0) is 31.2 Å². The Labute approximate surface area is 206 Å². The Kier molecular flexibility index (Phi) is 7.33. The lowest BCUT2D eigenvalue weighted by molar-refractivity contribution is -0.157. The van der Waals surface area contributed by atoms with E-state index in [9.17, 15) is 19.5 Å². The van der Waals surface area contributed by atoms with E-state index in [0.29, 0.717) is 25.9 Å². The highest BCUT2D eigenvalue weighted by Crippen LogP contribution is 2.59. The number of carbonyl (C=O) groups is 3. The van der Waals surface area contributed by atoms with E-state index in [2.05, 4.69) is 6.58 Å². The molecule has 0 aliphatic carbocycles. The number of amides is 2. The summed E-state index contributed by atoms with van der Waals surface area (Å²) in [6.07, 6.45) is 2.29. The van der Waals surface area contributed by atoms with Gasteiger partial charge in [0.25, 0.3) is 0 Å². The van der Waals surface area contributed by atoms with Crippen molar-refractivity contribution in [3.63, 3.8) is 0 Å². The van der Waals surface area contributed by atoms with Crippen LogP contribution in [0, 0.1) is 17.8 Å². The number of nitrogens with zero attached hydrogens (tertiary/aromatic N) is 2. The van der Waals surface area contributed by atoms with Crippen molar-refractivity contribution >= 4 is 17.8 Å². The van der Waals surface area contributed by atoms with E-state index >= 15 is 0 Å². The maximum absolute atomic E-state index is 14.3. The van der Waals surface area contributed by atoms with Gasteiger partial charge in [0.1, 0.15) is 11.6 Å². The van der Waals surface area contributed by atoms with Crippen molar-refractivity contribution in [2.75, 3.05) is 19.8 Å². The van der Waals surface area contributed by atoms with Crippen LogP contribution >= 0.6 is 0 Å². The molecule has 3 aliphatic rings. The average molecular weight is 485 g/mol. The second-order valence-electron chi connectivity index (χ2n) is 10.0. The predicted molar refractivity (Wildman–Crippen MR) is 129 cm³/mol. The zero-order chi connectivity index (χ0) is 25.3. The molecule has 3 fully saturated rings. The standard InChI is InChI=1S/C27H36N2O6/c1-5-14-28(15-18-10-8-7-9-11-18)25(32)23-27-13-12-20(35-27)21(26(33)34-6-2)22(27)24(31)29(23)19(16-30)17(3)4/h5,7-11,17,19-23,30H,1,6,12-16H2,2-4H3/t19-,20-,21+,22+,23-,27+/m0/s1. The number of hydrogen-bond acceptors (Lipinski definition) is 6. The number of carbonyl (C=O) groups excluding carboxylic acids is 3. The number of fused-ring (bicyclic) bond motifs is 1. The summed E-state index contributed by atoms with van der Waals surface area (Å²) in [5.74, 6) is -2.67. The van der Waals surface area contributed by atoms with E-state index in [-0.39, 0.29) is 30.9 Å². The molecule has 0 radical (unpaired) electrons. The van der Waals surface area contributed by atoms with Crippen molar-refractivity contribution < 1.29 is 29.0 Å². The summed E-state index contributed by atoms with van der Waals surface area (Å²) < 4.78 is 11.7. The van der Waals surface area contributed by atoms with Gasteiger partial charge in [0.05, 0.1) is 37.2 Å². The van der Waals surface area contributed by atoms with Gasteiger partial charge in [-0.15, -0.1) is 6.58 Å². The monoisotopic (exact) mass is 484 g/mol. The zero-order valence-electron chi connectivity index (χ0n) is 20.8. The Morgan fingerprint density at radius 1 is 1.34 bits per heavy atom. The lowest BCUT2D eigenvalue weighted by Crippen LogP contribution is -2.59. The molecule has 190 valence electrons. The van der Waals surface area contributed by atoms with Gasteiger partial charge in [-0.25, -0.2) is 0 Å². The highest BCUT2D eigenvalue weighted by atomic mass is 16.6. The minimum Gasteiger partial charge on any atom is -0.466 e. The van der Waals surface area contributed by atoms with Gasteiger partial charge in [0, 0.05) is 13.1 Å². The Bertz CT molecular complexity index is 966. The molecule has 1 N–H and O–H groups in total. The minimum absolute atomic E-state index is 0.102.